The van der Waals surface area contributed by atoms with Crippen LogP contribution in [-0.2, 0) is 23.4 Å². The predicted molar refractivity (Wildman–Crippen MR) is 163 cm³/mol. The predicted octanol–water partition coefficient (Wildman–Crippen LogP) is 8.03. The van der Waals surface area contributed by atoms with Gasteiger partial charge < -0.3 is 14.7 Å². The van der Waals surface area contributed by atoms with Crippen LogP contribution < -0.4 is 9.64 Å². The molecule has 5 aromatic carbocycles. The highest BCUT2D eigenvalue weighted by atomic mass is 19.1. The first-order chi connectivity index (χ1) is 21.3. The lowest BCUT2D eigenvalue weighted by Crippen LogP contribution is -2.46. The number of nitrogens with zero attached hydrogens (tertiary/aromatic N) is 1. The number of hydrogen-bond donors (Lipinski definition) is 1. The van der Waals surface area contributed by atoms with E-state index in [4.69, 9.17) is 4.74 Å². The highest BCUT2D eigenvalue weighted by molar-refractivity contribution is 6.01. The van der Waals surface area contributed by atoms with Gasteiger partial charge in [0.15, 0.2) is 0 Å². The quantitative estimate of drug-likeness (QED) is 0.167. The second-order valence-corrected chi connectivity index (χ2v) is 11.0. The van der Waals surface area contributed by atoms with Gasteiger partial charge in [0, 0.05) is 5.69 Å². The Kier molecular flexibility index (Phi) is 8.22. The Morgan fingerprint density at radius 2 is 1.39 bits per heavy atom. The van der Waals surface area contributed by atoms with E-state index < -0.39 is 23.1 Å². The van der Waals surface area contributed by atoms with Gasteiger partial charge in [-0.15, -0.1) is 0 Å². The SMILES string of the molecule is O=C1CC(c2ccc(OCc3ccccc3)cc2)N1c1ccc(F)c(CCC(O)(c2ccc(F)cc2)c2ccc(F)cc2)c1. The molecular formula is C37H30F3NO3. The number of β-lactam (4-membered cyclic amide) rings is 1. The van der Waals surface area contributed by atoms with E-state index in [1.54, 1.807) is 17.0 Å². The first kappa shape index (κ1) is 29.2. The van der Waals surface area contributed by atoms with Crippen LogP contribution >= 0.6 is 0 Å². The Labute approximate surface area is 254 Å². The van der Waals surface area contributed by atoms with Crippen molar-refractivity contribution in [2.45, 2.75) is 37.5 Å². The summed E-state index contributed by atoms with van der Waals surface area (Å²) in [6.45, 7) is 0.448. The molecule has 1 atom stereocenters. The molecule has 1 aliphatic rings. The van der Waals surface area contributed by atoms with Crippen LogP contribution in [0.4, 0.5) is 18.9 Å². The van der Waals surface area contributed by atoms with Gasteiger partial charge in [-0.3, -0.25) is 4.79 Å². The fraction of sp³-hybridized carbons (Fsp3) is 0.162. The lowest BCUT2D eigenvalue weighted by Gasteiger charge is -2.41. The molecule has 0 aliphatic carbocycles. The Balaban J connectivity index is 1.20. The summed E-state index contributed by atoms with van der Waals surface area (Å²) in [6.07, 6.45) is 0.462. The second-order valence-electron chi connectivity index (χ2n) is 11.0. The number of hydrogen-bond acceptors (Lipinski definition) is 3. The van der Waals surface area contributed by atoms with E-state index in [0.717, 1.165) is 11.1 Å². The molecule has 1 aliphatic heterocycles. The number of aryl methyl sites for hydroxylation is 1. The van der Waals surface area contributed by atoms with Crippen molar-refractivity contribution in [1.82, 2.24) is 0 Å². The molecule has 222 valence electrons. The lowest BCUT2D eigenvalue weighted by atomic mass is 9.81. The first-order valence-electron chi connectivity index (χ1n) is 14.4. The van der Waals surface area contributed by atoms with Crippen LogP contribution in [0.25, 0.3) is 0 Å². The highest BCUT2D eigenvalue weighted by Gasteiger charge is 2.39. The Bertz CT molecular complexity index is 1700. The molecule has 1 saturated heterocycles. The topological polar surface area (TPSA) is 49.8 Å². The van der Waals surface area contributed by atoms with Gasteiger partial charge in [0.25, 0.3) is 0 Å². The van der Waals surface area contributed by atoms with Crippen LogP contribution in [0.3, 0.4) is 0 Å². The van der Waals surface area contributed by atoms with Crippen molar-refractivity contribution in [1.29, 1.82) is 0 Å². The third-order valence-corrected chi connectivity index (χ3v) is 8.17. The molecule has 1 fully saturated rings. The first-order valence-corrected chi connectivity index (χ1v) is 14.4. The summed E-state index contributed by atoms with van der Waals surface area (Å²) >= 11 is 0. The van der Waals surface area contributed by atoms with Crippen LogP contribution in [0.5, 0.6) is 5.75 Å². The number of rotatable bonds is 10. The summed E-state index contributed by atoms with van der Waals surface area (Å²) in [6, 6.07) is 32.6. The fourth-order valence-electron chi connectivity index (χ4n) is 5.66. The number of anilines is 1. The highest BCUT2D eigenvalue weighted by Crippen LogP contribution is 2.41. The lowest BCUT2D eigenvalue weighted by molar-refractivity contribution is -0.124. The molecular weight excluding hydrogens is 563 g/mol. The number of carbonyl (C=O) groups excluding carboxylic acids is 1. The minimum Gasteiger partial charge on any atom is -0.489 e. The maximum absolute atomic E-state index is 15.1. The summed E-state index contributed by atoms with van der Waals surface area (Å²) < 4.78 is 48.3. The van der Waals surface area contributed by atoms with Crippen molar-refractivity contribution in [2.24, 2.45) is 0 Å². The number of halogens is 3. The molecule has 6 rings (SSSR count). The normalized spacial score (nSPS) is 14.8. The number of carbonyl (C=O) groups is 1. The van der Waals surface area contributed by atoms with E-state index >= 15 is 4.39 Å². The molecule has 1 N–H and O–H groups in total. The minimum atomic E-state index is -1.64. The molecule has 0 aromatic heterocycles. The summed E-state index contributed by atoms with van der Waals surface area (Å²) in [5.41, 5.74) is 2.03. The maximum Gasteiger partial charge on any atom is 0.230 e. The van der Waals surface area contributed by atoms with Crippen molar-refractivity contribution in [3.05, 3.63) is 167 Å². The molecule has 1 amide bonds. The van der Waals surface area contributed by atoms with E-state index in [1.165, 1.54) is 54.6 Å². The van der Waals surface area contributed by atoms with E-state index in [-0.39, 0.29) is 24.8 Å². The van der Waals surface area contributed by atoms with E-state index in [9.17, 15) is 18.7 Å². The molecule has 44 heavy (non-hydrogen) atoms. The monoisotopic (exact) mass is 593 g/mol. The molecule has 5 aromatic rings. The van der Waals surface area contributed by atoms with Crippen molar-refractivity contribution in [3.63, 3.8) is 0 Å². The van der Waals surface area contributed by atoms with Gasteiger partial charge in [-0.2, -0.15) is 0 Å². The summed E-state index contributed by atoms with van der Waals surface area (Å²) in [4.78, 5) is 14.4. The van der Waals surface area contributed by atoms with E-state index in [2.05, 4.69) is 0 Å². The Morgan fingerprint density at radius 3 is 1.98 bits per heavy atom. The second kappa shape index (κ2) is 12.4. The van der Waals surface area contributed by atoms with Crippen LogP contribution in [0.2, 0.25) is 0 Å². The Morgan fingerprint density at radius 1 is 0.773 bits per heavy atom. The largest absolute Gasteiger partial charge is 0.489 e. The molecule has 0 spiro atoms. The van der Waals surface area contributed by atoms with Gasteiger partial charge in [0.1, 0.15) is 35.4 Å². The molecule has 0 bridgehead atoms. The van der Waals surface area contributed by atoms with E-state index in [1.807, 2.05) is 54.6 Å². The van der Waals surface area contributed by atoms with Crippen molar-refractivity contribution >= 4 is 11.6 Å². The third-order valence-electron chi connectivity index (χ3n) is 8.17. The zero-order chi connectivity index (χ0) is 30.7. The molecule has 4 nitrogen and oxygen atoms in total. The van der Waals surface area contributed by atoms with Crippen molar-refractivity contribution in [2.75, 3.05) is 4.90 Å². The smallest absolute Gasteiger partial charge is 0.230 e. The van der Waals surface area contributed by atoms with Gasteiger partial charge >= 0.3 is 0 Å². The maximum atomic E-state index is 15.1. The summed E-state index contributed by atoms with van der Waals surface area (Å²) in [5, 5.41) is 11.8. The van der Waals surface area contributed by atoms with Crippen LogP contribution in [0, 0.1) is 17.5 Å². The van der Waals surface area contributed by atoms with Gasteiger partial charge in [0.05, 0.1) is 12.5 Å². The minimum absolute atomic E-state index is 0.0342. The average molecular weight is 594 g/mol. The number of amides is 1. The average Bonchev–Trinajstić information content (AvgIpc) is 3.04. The van der Waals surface area contributed by atoms with Crippen molar-refractivity contribution < 1.29 is 27.8 Å². The zero-order valence-electron chi connectivity index (χ0n) is 23.8. The summed E-state index contributed by atoms with van der Waals surface area (Å²) in [5.74, 6) is -0.757. The van der Waals surface area contributed by atoms with Crippen LogP contribution in [-0.4, -0.2) is 11.0 Å². The molecule has 1 heterocycles. The molecule has 7 heteroatoms. The number of benzene rings is 5. The van der Waals surface area contributed by atoms with Gasteiger partial charge in [0.2, 0.25) is 5.91 Å². The summed E-state index contributed by atoms with van der Waals surface area (Å²) in [7, 11) is 0. The van der Waals surface area contributed by atoms with Crippen LogP contribution in [0.15, 0.2) is 121 Å². The molecule has 0 saturated carbocycles. The number of aliphatic hydroxyl groups is 1. The van der Waals surface area contributed by atoms with Gasteiger partial charge in [-0.1, -0.05) is 66.7 Å². The third kappa shape index (κ3) is 6.10. The standard InChI is InChI=1S/C37H30F3NO3/c38-30-12-8-28(9-13-30)37(43,29-10-14-31(39)15-11-29)21-20-27-22-32(16-19-34(27)40)41-35(23-36(41)42)26-6-17-33(18-7-26)44-24-25-4-2-1-3-5-25/h1-19,22,35,43H,20-21,23-24H2. The molecule has 0 radical (unpaired) electrons. The van der Waals surface area contributed by atoms with E-state index in [0.29, 0.717) is 41.2 Å². The Hall–Kier alpha value is -4.88. The fourth-order valence-corrected chi connectivity index (χ4v) is 5.66. The van der Waals surface area contributed by atoms with Gasteiger partial charge in [-0.05, 0) is 95.3 Å². The van der Waals surface area contributed by atoms with Crippen molar-refractivity contribution in [3.8, 4) is 5.75 Å². The molecule has 1 unspecified atom stereocenters. The van der Waals surface area contributed by atoms with Gasteiger partial charge in [-0.25, -0.2) is 13.2 Å². The number of ether oxygens (including phenoxy) is 1. The van der Waals surface area contributed by atoms with Crippen LogP contribution in [0.1, 0.15) is 46.7 Å². The zero-order valence-corrected chi connectivity index (χ0v) is 23.8.